The summed E-state index contributed by atoms with van der Waals surface area (Å²) < 4.78 is 16.4. The molecule has 4 heteroatoms. The number of hydrogen-bond donors (Lipinski definition) is 0. The highest BCUT2D eigenvalue weighted by Crippen LogP contribution is 2.47. The fraction of sp³-hybridized carbons (Fsp3) is 0.135. The minimum atomic E-state index is 0.245. The van der Waals surface area contributed by atoms with Crippen LogP contribution in [-0.4, -0.2) is 9.55 Å². The lowest BCUT2D eigenvalue weighted by molar-refractivity contribution is 0.631. The Kier molecular flexibility index (Phi) is 8.04. The van der Waals surface area contributed by atoms with Gasteiger partial charge in [-0.05, 0) is 94.6 Å². The number of aromatic nitrogens is 2. The van der Waals surface area contributed by atoms with Crippen molar-refractivity contribution in [3.63, 3.8) is 0 Å². The number of aryl methyl sites for hydroxylation is 1. The molecule has 10 rings (SSSR count). The highest BCUT2D eigenvalue weighted by Gasteiger charge is 2.28. The molecular weight excluding hydrogens is 685 g/mol. The van der Waals surface area contributed by atoms with Gasteiger partial charge < -0.3 is 8.83 Å². The number of furan rings is 2. The van der Waals surface area contributed by atoms with E-state index in [2.05, 4.69) is 179 Å². The standard InChI is InChI=1S/C52H42N2O2/c1-31(2)40-27-38(35-19-11-7-12-20-35)28-41(32(3)4)48(40)54-45-24-16-15-23-44(45)53-52(54)43-30-42-33(5)49(36-21-13-8-14-22-36)56-50(42)47-39-26-25-37(29-46(39)55-51(43)47)34-17-9-6-10-18-34/h6-32H,1-5H3. The Bertz CT molecular complexity index is 3040. The molecule has 0 saturated carbocycles. The maximum atomic E-state index is 7.07. The first kappa shape index (κ1) is 33.9. The number of benzene rings is 7. The van der Waals surface area contributed by atoms with Crippen LogP contribution in [-0.2, 0) is 0 Å². The Morgan fingerprint density at radius 2 is 1.11 bits per heavy atom. The first-order valence-electron chi connectivity index (χ1n) is 19.6. The van der Waals surface area contributed by atoms with Crippen molar-refractivity contribution in [2.75, 3.05) is 0 Å². The van der Waals surface area contributed by atoms with Crippen molar-refractivity contribution in [3.8, 4) is 50.7 Å². The quantitative estimate of drug-likeness (QED) is 0.164. The summed E-state index contributed by atoms with van der Waals surface area (Å²) in [6.45, 7) is 11.3. The predicted octanol–water partition coefficient (Wildman–Crippen LogP) is 14.9. The van der Waals surface area contributed by atoms with E-state index in [-0.39, 0.29) is 11.8 Å². The van der Waals surface area contributed by atoms with E-state index in [0.29, 0.717) is 0 Å². The van der Waals surface area contributed by atoms with Crippen LogP contribution >= 0.6 is 0 Å². The Labute approximate surface area is 326 Å². The van der Waals surface area contributed by atoms with Crippen LogP contribution in [0.2, 0.25) is 0 Å². The molecule has 0 saturated heterocycles. The van der Waals surface area contributed by atoms with Gasteiger partial charge in [-0.2, -0.15) is 0 Å². The van der Waals surface area contributed by atoms with Gasteiger partial charge in [-0.25, -0.2) is 4.98 Å². The van der Waals surface area contributed by atoms with Crippen LogP contribution in [0.3, 0.4) is 0 Å². The van der Waals surface area contributed by atoms with E-state index in [1.807, 2.05) is 12.1 Å². The third-order valence-electron chi connectivity index (χ3n) is 11.3. The first-order chi connectivity index (χ1) is 27.4. The van der Waals surface area contributed by atoms with Gasteiger partial charge in [0.25, 0.3) is 0 Å². The number of hydrogen-bond acceptors (Lipinski definition) is 3. The number of fused-ring (bicyclic) bond motifs is 6. The van der Waals surface area contributed by atoms with Gasteiger partial charge in [0.2, 0.25) is 0 Å². The Hall–Kier alpha value is -6.65. The summed E-state index contributed by atoms with van der Waals surface area (Å²) in [6.07, 6.45) is 0. The minimum absolute atomic E-state index is 0.245. The molecule has 0 spiro atoms. The van der Waals surface area contributed by atoms with Crippen molar-refractivity contribution in [1.82, 2.24) is 9.55 Å². The Morgan fingerprint density at radius 3 is 1.75 bits per heavy atom. The number of imidazole rings is 1. The number of rotatable bonds is 7. The lowest BCUT2D eigenvalue weighted by Gasteiger charge is -2.24. The normalized spacial score (nSPS) is 12.0. The molecule has 0 atom stereocenters. The summed E-state index contributed by atoms with van der Waals surface area (Å²) in [7, 11) is 0. The highest BCUT2D eigenvalue weighted by molar-refractivity contribution is 6.22. The SMILES string of the molecule is Cc1c(-c2ccccc2)oc2c1cc(-c1nc3ccccc3n1-c1c(C(C)C)cc(-c3ccccc3)cc1C(C)C)c1oc3cc(-c4ccccc4)ccc3c12. The zero-order valence-corrected chi connectivity index (χ0v) is 32.3. The molecule has 0 unspecified atom stereocenters. The van der Waals surface area contributed by atoms with Crippen LogP contribution in [0.4, 0.5) is 0 Å². The Morgan fingerprint density at radius 1 is 0.518 bits per heavy atom. The van der Waals surface area contributed by atoms with E-state index >= 15 is 0 Å². The molecule has 0 aliphatic rings. The van der Waals surface area contributed by atoms with Crippen molar-refractivity contribution in [2.24, 2.45) is 0 Å². The zero-order valence-electron chi connectivity index (χ0n) is 32.3. The maximum Gasteiger partial charge on any atom is 0.150 e. The van der Waals surface area contributed by atoms with Crippen molar-refractivity contribution in [1.29, 1.82) is 0 Å². The lowest BCUT2D eigenvalue weighted by Crippen LogP contribution is -2.09. The average Bonchev–Trinajstić information content (AvgIpc) is 3.91. The molecule has 7 aromatic carbocycles. The second-order valence-electron chi connectivity index (χ2n) is 15.5. The van der Waals surface area contributed by atoms with Gasteiger partial charge in [-0.3, -0.25) is 4.57 Å². The van der Waals surface area contributed by atoms with Gasteiger partial charge >= 0.3 is 0 Å². The van der Waals surface area contributed by atoms with Crippen LogP contribution in [0.15, 0.2) is 160 Å². The molecule has 272 valence electrons. The maximum absolute atomic E-state index is 7.07. The molecule has 0 bridgehead atoms. The Balaban J connectivity index is 1.33. The van der Waals surface area contributed by atoms with E-state index in [9.17, 15) is 0 Å². The summed E-state index contributed by atoms with van der Waals surface area (Å²) in [5, 5.41) is 3.02. The number of nitrogens with zero attached hydrogens (tertiary/aromatic N) is 2. The van der Waals surface area contributed by atoms with E-state index in [1.165, 1.54) is 27.9 Å². The molecule has 4 nitrogen and oxygen atoms in total. The second-order valence-corrected chi connectivity index (χ2v) is 15.5. The van der Waals surface area contributed by atoms with E-state index in [1.54, 1.807) is 0 Å². The van der Waals surface area contributed by atoms with Crippen molar-refractivity contribution < 1.29 is 8.83 Å². The summed E-state index contributed by atoms with van der Waals surface area (Å²) in [5.41, 5.74) is 15.9. The van der Waals surface area contributed by atoms with E-state index in [4.69, 9.17) is 13.8 Å². The smallest absolute Gasteiger partial charge is 0.150 e. The molecule has 0 aliphatic carbocycles. The van der Waals surface area contributed by atoms with Gasteiger partial charge in [-0.15, -0.1) is 0 Å². The third kappa shape index (κ3) is 5.39. The van der Waals surface area contributed by atoms with Crippen molar-refractivity contribution in [3.05, 3.63) is 168 Å². The van der Waals surface area contributed by atoms with Gasteiger partial charge in [0.1, 0.15) is 28.3 Å². The van der Waals surface area contributed by atoms with Crippen LogP contribution in [0, 0.1) is 6.92 Å². The molecule has 56 heavy (non-hydrogen) atoms. The van der Waals surface area contributed by atoms with Crippen molar-refractivity contribution >= 4 is 43.9 Å². The second kappa shape index (κ2) is 13.3. The summed E-state index contributed by atoms with van der Waals surface area (Å²) >= 11 is 0. The molecular formula is C52H42N2O2. The molecule has 0 N–H and O–H groups in total. The summed E-state index contributed by atoms with van der Waals surface area (Å²) in [5.74, 6) is 2.20. The van der Waals surface area contributed by atoms with Crippen LogP contribution in [0.25, 0.3) is 94.6 Å². The zero-order chi connectivity index (χ0) is 38.1. The van der Waals surface area contributed by atoms with Gasteiger partial charge in [0, 0.05) is 21.9 Å². The predicted molar refractivity (Wildman–Crippen MR) is 233 cm³/mol. The molecule has 0 radical (unpaired) electrons. The monoisotopic (exact) mass is 726 g/mol. The average molecular weight is 727 g/mol. The molecule has 0 aliphatic heterocycles. The van der Waals surface area contributed by atoms with Crippen LogP contribution < -0.4 is 0 Å². The van der Waals surface area contributed by atoms with Gasteiger partial charge in [-0.1, -0.05) is 137 Å². The fourth-order valence-corrected chi connectivity index (χ4v) is 8.50. The fourth-order valence-electron chi connectivity index (χ4n) is 8.50. The van der Waals surface area contributed by atoms with Crippen LogP contribution in [0.1, 0.15) is 56.2 Å². The highest BCUT2D eigenvalue weighted by atomic mass is 16.3. The topological polar surface area (TPSA) is 44.1 Å². The summed E-state index contributed by atoms with van der Waals surface area (Å²) in [4.78, 5) is 5.50. The van der Waals surface area contributed by atoms with Crippen LogP contribution in [0.5, 0.6) is 0 Å². The van der Waals surface area contributed by atoms with E-state index < -0.39 is 0 Å². The first-order valence-corrected chi connectivity index (χ1v) is 19.6. The molecule has 0 amide bonds. The van der Waals surface area contributed by atoms with E-state index in [0.717, 1.165) is 83.3 Å². The largest absolute Gasteiger partial charge is 0.455 e. The van der Waals surface area contributed by atoms with Crippen molar-refractivity contribution in [2.45, 2.75) is 46.5 Å². The minimum Gasteiger partial charge on any atom is -0.455 e. The molecule has 10 aromatic rings. The number of para-hydroxylation sites is 2. The van der Waals surface area contributed by atoms with Gasteiger partial charge in [0.05, 0.1) is 27.7 Å². The third-order valence-corrected chi connectivity index (χ3v) is 11.3. The van der Waals surface area contributed by atoms with Gasteiger partial charge in [0.15, 0.2) is 0 Å². The molecule has 3 heterocycles. The summed E-state index contributed by atoms with van der Waals surface area (Å²) in [6, 6.07) is 53.7. The molecule has 0 fully saturated rings. The molecule has 3 aromatic heterocycles. The lowest BCUT2D eigenvalue weighted by atomic mass is 9.88.